The predicted octanol–water partition coefficient (Wildman–Crippen LogP) is 2.29. The van der Waals surface area contributed by atoms with E-state index in [9.17, 15) is 0 Å². The van der Waals surface area contributed by atoms with Crippen LogP contribution in [0.4, 0.5) is 0 Å². The molecule has 1 aromatic rings. The van der Waals surface area contributed by atoms with Gasteiger partial charge in [0.2, 0.25) is 0 Å². The standard InChI is InChI=1S/C14H22N2S/c1-2-17-14-5-3-12(4-6-14)7-10-16-13-8-9-15-11-13/h3-6,13,15-16H,2,7-11H2,1H3. The molecule has 0 bridgehead atoms. The Bertz CT molecular complexity index is 317. The quantitative estimate of drug-likeness (QED) is 0.758. The summed E-state index contributed by atoms with van der Waals surface area (Å²) in [5.41, 5.74) is 1.43. The van der Waals surface area contributed by atoms with Crippen molar-refractivity contribution in [3.8, 4) is 0 Å². The van der Waals surface area contributed by atoms with Gasteiger partial charge in [-0.25, -0.2) is 0 Å². The third kappa shape index (κ3) is 4.34. The van der Waals surface area contributed by atoms with E-state index in [0.29, 0.717) is 6.04 Å². The van der Waals surface area contributed by atoms with Crippen molar-refractivity contribution in [2.75, 3.05) is 25.4 Å². The van der Waals surface area contributed by atoms with Gasteiger partial charge < -0.3 is 10.6 Å². The van der Waals surface area contributed by atoms with Crippen molar-refractivity contribution in [3.05, 3.63) is 29.8 Å². The van der Waals surface area contributed by atoms with Gasteiger partial charge >= 0.3 is 0 Å². The van der Waals surface area contributed by atoms with Gasteiger partial charge in [0.1, 0.15) is 0 Å². The summed E-state index contributed by atoms with van der Waals surface area (Å²) in [5, 5.41) is 6.98. The van der Waals surface area contributed by atoms with Gasteiger partial charge in [-0.1, -0.05) is 19.1 Å². The first kappa shape index (κ1) is 12.9. The molecule has 94 valence electrons. The summed E-state index contributed by atoms with van der Waals surface area (Å²) in [4.78, 5) is 1.38. The highest BCUT2D eigenvalue weighted by atomic mass is 32.2. The molecule has 1 heterocycles. The molecule has 0 spiro atoms. The highest BCUT2D eigenvalue weighted by Crippen LogP contribution is 2.17. The first-order valence-corrected chi connectivity index (χ1v) is 7.53. The molecule has 0 saturated carbocycles. The lowest BCUT2D eigenvalue weighted by atomic mass is 10.1. The summed E-state index contributed by atoms with van der Waals surface area (Å²) in [5.74, 6) is 1.15. The largest absolute Gasteiger partial charge is 0.315 e. The molecule has 0 aliphatic carbocycles. The molecule has 2 nitrogen and oxygen atoms in total. The Labute approximate surface area is 109 Å². The molecule has 1 aliphatic heterocycles. The molecule has 17 heavy (non-hydrogen) atoms. The van der Waals surface area contributed by atoms with Crippen molar-refractivity contribution in [2.45, 2.75) is 30.7 Å². The number of benzene rings is 1. The molecule has 1 atom stereocenters. The SMILES string of the molecule is CCSc1ccc(CCNC2CCNC2)cc1. The van der Waals surface area contributed by atoms with E-state index in [1.165, 1.54) is 23.4 Å². The molecule has 1 saturated heterocycles. The van der Waals surface area contributed by atoms with Crippen LogP contribution < -0.4 is 10.6 Å². The maximum Gasteiger partial charge on any atom is 0.0204 e. The second kappa shape index (κ2) is 7.04. The van der Waals surface area contributed by atoms with Crippen LogP contribution in [-0.2, 0) is 6.42 Å². The maximum atomic E-state index is 3.60. The van der Waals surface area contributed by atoms with Crippen LogP contribution in [0.1, 0.15) is 18.9 Å². The van der Waals surface area contributed by atoms with Crippen molar-refractivity contribution in [2.24, 2.45) is 0 Å². The first-order chi connectivity index (χ1) is 8.38. The molecule has 2 rings (SSSR count). The van der Waals surface area contributed by atoms with Gasteiger partial charge in [-0.3, -0.25) is 0 Å². The van der Waals surface area contributed by atoms with E-state index in [4.69, 9.17) is 0 Å². The van der Waals surface area contributed by atoms with E-state index in [2.05, 4.69) is 41.8 Å². The first-order valence-electron chi connectivity index (χ1n) is 6.54. The van der Waals surface area contributed by atoms with Crippen LogP contribution in [0, 0.1) is 0 Å². The van der Waals surface area contributed by atoms with E-state index < -0.39 is 0 Å². The summed E-state index contributed by atoms with van der Waals surface area (Å²) in [7, 11) is 0. The molecule has 3 heteroatoms. The zero-order chi connectivity index (χ0) is 11.9. The monoisotopic (exact) mass is 250 g/mol. The zero-order valence-corrected chi connectivity index (χ0v) is 11.4. The van der Waals surface area contributed by atoms with E-state index in [0.717, 1.165) is 25.3 Å². The van der Waals surface area contributed by atoms with Gasteiger partial charge in [-0.15, -0.1) is 11.8 Å². The van der Waals surface area contributed by atoms with Crippen LogP contribution in [0.3, 0.4) is 0 Å². The third-order valence-corrected chi connectivity index (χ3v) is 4.04. The average Bonchev–Trinajstić information content (AvgIpc) is 2.85. The molecule has 0 aromatic heterocycles. The number of rotatable bonds is 6. The number of hydrogen-bond donors (Lipinski definition) is 2. The second-order valence-corrected chi connectivity index (χ2v) is 5.81. The zero-order valence-electron chi connectivity index (χ0n) is 10.5. The lowest BCUT2D eigenvalue weighted by molar-refractivity contribution is 0.550. The second-order valence-electron chi connectivity index (χ2n) is 4.47. The Morgan fingerprint density at radius 2 is 2.18 bits per heavy atom. The summed E-state index contributed by atoms with van der Waals surface area (Å²) in [6.45, 7) is 5.58. The maximum absolute atomic E-state index is 3.60. The van der Waals surface area contributed by atoms with Crippen molar-refractivity contribution < 1.29 is 0 Å². The molecule has 0 radical (unpaired) electrons. The van der Waals surface area contributed by atoms with Crippen molar-refractivity contribution in [3.63, 3.8) is 0 Å². The Balaban J connectivity index is 1.70. The fraction of sp³-hybridized carbons (Fsp3) is 0.571. The van der Waals surface area contributed by atoms with Crippen molar-refractivity contribution in [1.29, 1.82) is 0 Å². The Kier molecular flexibility index (Phi) is 5.36. The third-order valence-electron chi connectivity index (χ3n) is 3.14. The van der Waals surface area contributed by atoms with E-state index in [1.54, 1.807) is 0 Å². The van der Waals surface area contributed by atoms with E-state index in [1.807, 2.05) is 11.8 Å². The molecule has 0 amide bonds. The molecule has 1 aliphatic rings. The van der Waals surface area contributed by atoms with Crippen LogP contribution in [0.5, 0.6) is 0 Å². The molecule has 1 fully saturated rings. The van der Waals surface area contributed by atoms with Crippen LogP contribution in [0.2, 0.25) is 0 Å². The lowest BCUT2D eigenvalue weighted by Crippen LogP contribution is -2.32. The Hall–Kier alpha value is -0.510. The smallest absolute Gasteiger partial charge is 0.0204 e. The lowest BCUT2D eigenvalue weighted by Gasteiger charge is -2.11. The van der Waals surface area contributed by atoms with E-state index >= 15 is 0 Å². The Morgan fingerprint density at radius 3 is 2.82 bits per heavy atom. The number of thioether (sulfide) groups is 1. The summed E-state index contributed by atoms with van der Waals surface area (Å²) < 4.78 is 0. The molecule has 1 aromatic carbocycles. The highest BCUT2D eigenvalue weighted by Gasteiger charge is 2.12. The topological polar surface area (TPSA) is 24.1 Å². The summed E-state index contributed by atoms with van der Waals surface area (Å²) in [6, 6.07) is 9.67. The van der Waals surface area contributed by atoms with Crippen LogP contribution >= 0.6 is 11.8 Å². The van der Waals surface area contributed by atoms with Gasteiger partial charge in [0.05, 0.1) is 0 Å². The number of hydrogen-bond acceptors (Lipinski definition) is 3. The van der Waals surface area contributed by atoms with Crippen molar-refractivity contribution in [1.82, 2.24) is 10.6 Å². The van der Waals surface area contributed by atoms with Crippen LogP contribution in [0.25, 0.3) is 0 Å². The fourth-order valence-electron chi connectivity index (χ4n) is 2.17. The van der Waals surface area contributed by atoms with Gasteiger partial charge in [-0.2, -0.15) is 0 Å². The predicted molar refractivity (Wildman–Crippen MR) is 75.8 cm³/mol. The Morgan fingerprint density at radius 1 is 1.35 bits per heavy atom. The number of nitrogens with one attached hydrogen (secondary N) is 2. The molecule has 2 N–H and O–H groups in total. The fourth-order valence-corrected chi connectivity index (χ4v) is 2.83. The molecule has 1 unspecified atom stereocenters. The van der Waals surface area contributed by atoms with E-state index in [-0.39, 0.29) is 0 Å². The minimum atomic E-state index is 0.685. The minimum Gasteiger partial charge on any atom is -0.315 e. The normalized spacial score (nSPS) is 19.7. The molecular formula is C14H22N2S. The summed E-state index contributed by atoms with van der Waals surface area (Å²) >= 11 is 1.90. The van der Waals surface area contributed by atoms with Crippen molar-refractivity contribution >= 4 is 11.8 Å². The van der Waals surface area contributed by atoms with Crippen LogP contribution in [-0.4, -0.2) is 31.4 Å². The van der Waals surface area contributed by atoms with Gasteiger partial charge in [0.15, 0.2) is 0 Å². The minimum absolute atomic E-state index is 0.685. The average molecular weight is 250 g/mol. The highest BCUT2D eigenvalue weighted by molar-refractivity contribution is 7.99. The summed E-state index contributed by atoms with van der Waals surface area (Å²) in [6.07, 6.45) is 2.40. The molecular weight excluding hydrogens is 228 g/mol. The van der Waals surface area contributed by atoms with Gasteiger partial charge in [-0.05, 0) is 49.4 Å². The van der Waals surface area contributed by atoms with Crippen LogP contribution in [0.15, 0.2) is 29.2 Å². The van der Waals surface area contributed by atoms with Gasteiger partial charge in [0.25, 0.3) is 0 Å². The van der Waals surface area contributed by atoms with Gasteiger partial charge in [0, 0.05) is 17.5 Å².